The summed E-state index contributed by atoms with van der Waals surface area (Å²) in [5.74, 6) is -1.17. The van der Waals surface area contributed by atoms with Gasteiger partial charge < -0.3 is 10.4 Å². The summed E-state index contributed by atoms with van der Waals surface area (Å²) in [6.07, 6.45) is 0.607. The van der Waals surface area contributed by atoms with Crippen molar-refractivity contribution in [1.29, 1.82) is 0 Å². The number of aliphatic carboxylic acids is 1. The Morgan fingerprint density at radius 1 is 1.32 bits per heavy atom. The van der Waals surface area contributed by atoms with Crippen LogP contribution < -0.4 is 5.32 Å². The van der Waals surface area contributed by atoms with Crippen molar-refractivity contribution in [2.24, 2.45) is 5.92 Å². The lowest BCUT2D eigenvalue weighted by Crippen LogP contribution is -2.33. The molecule has 0 aliphatic heterocycles. The largest absolute Gasteiger partial charge is 0.481 e. The van der Waals surface area contributed by atoms with E-state index in [9.17, 15) is 9.59 Å². The molecule has 4 nitrogen and oxygen atoms in total. The van der Waals surface area contributed by atoms with E-state index < -0.39 is 12.0 Å². The predicted molar refractivity (Wildman–Crippen MR) is 76.7 cm³/mol. The van der Waals surface area contributed by atoms with Crippen molar-refractivity contribution < 1.29 is 14.7 Å². The Kier molecular flexibility index (Phi) is 6.02. The molecule has 1 aromatic rings. The third-order valence-electron chi connectivity index (χ3n) is 3.03. The normalized spacial score (nSPS) is 13.6. The highest BCUT2D eigenvalue weighted by Gasteiger charge is 2.20. The lowest BCUT2D eigenvalue weighted by Gasteiger charge is -2.19. The molecular formula is C14H18BrNO3. The Labute approximate surface area is 121 Å². The first kappa shape index (κ1) is 15.7. The van der Waals surface area contributed by atoms with E-state index in [0.29, 0.717) is 0 Å². The maximum Gasteiger partial charge on any atom is 0.305 e. The third-order valence-corrected chi connectivity index (χ3v) is 3.56. The van der Waals surface area contributed by atoms with E-state index >= 15 is 0 Å². The fourth-order valence-electron chi connectivity index (χ4n) is 1.62. The molecule has 0 spiro atoms. The Morgan fingerprint density at radius 3 is 2.37 bits per heavy atom. The van der Waals surface area contributed by atoms with E-state index in [1.54, 1.807) is 0 Å². The average molecular weight is 328 g/mol. The van der Waals surface area contributed by atoms with Crippen LogP contribution in [0.2, 0.25) is 0 Å². The molecule has 0 bridgehead atoms. The molecule has 104 valence electrons. The van der Waals surface area contributed by atoms with Crippen LogP contribution in [0.15, 0.2) is 28.7 Å². The molecule has 0 heterocycles. The van der Waals surface area contributed by atoms with Gasteiger partial charge in [0, 0.05) is 10.4 Å². The quantitative estimate of drug-likeness (QED) is 0.843. The number of halogens is 1. The summed E-state index contributed by atoms with van der Waals surface area (Å²) in [7, 11) is 0. The number of hydrogen-bond donors (Lipinski definition) is 2. The fourth-order valence-corrected chi connectivity index (χ4v) is 1.89. The molecule has 5 heteroatoms. The molecule has 2 atom stereocenters. The molecule has 0 unspecified atom stereocenters. The zero-order valence-electron chi connectivity index (χ0n) is 11.0. The summed E-state index contributed by atoms with van der Waals surface area (Å²) in [6, 6.07) is 6.80. The lowest BCUT2D eigenvalue weighted by molar-refractivity contribution is -0.137. The average Bonchev–Trinajstić information content (AvgIpc) is 2.37. The Morgan fingerprint density at radius 2 is 1.89 bits per heavy atom. The van der Waals surface area contributed by atoms with Crippen LogP contribution in [0.1, 0.15) is 38.3 Å². The van der Waals surface area contributed by atoms with Gasteiger partial charge in [0.25, 0.3) is 0 Å². The second-order valence-electron chi connectivity index (χ2n) is 4.52. The number of nitrogens with one attached hydrogen (secondary N) is 1. The van der Waals surface area contributed by atoms with Crippen molar-refractivity contribution in [3.8, 4) is 0 Å². The van der Waals surface area contributed by atoms with Crippen molar-refractivity contribution in [3.05, 3.63) is 34.3 Å². The fraction of sp³-hybridized carbons (Fsp3) is 0.429. The predicted octanol–water partition coefficient (Wildman–Crippen LogP) is 3.13. The van der Waals surface area contributed by atoms with Gasteiger partial charge in [-0.15, -0.1) is 0 Å². The Hall–Kier alpha value is -1.36. The van der Waals surface area contributed by atoms with Crippen LogP contribution in [0.25, 0.3) is 0 Å². The topological polar surface area (TPSA) is 66.4 Å². The summed E-state index contributed by atoms with van der Waals surface area (Å²) < 4.78 is 0.915. The van der Waals surface area contributed by atoms with Crippen molar-refractivity contribution in [3.63, 3.8) is 0 Å². The van der Waals surface area contributed by atoms with E-state index in [1.807, 2.05) is 38.1 Å². The standard InChI is InChI=1S/C14H18BrNO3/c1-3-9(2)14(19)16-12(8-13(17)18)10-4-6-11(15)7-5-10/h4-7,9,12H,3,8H2,1-2H3,(H,16,19)(H,17,18)/t9-,12-/m1/s1. The summed E-state index contributed by atoms with van der Waals surface area (Å²) >= 11 is 3.33. The zero-order valence-corrected chi connectivity index (χ0v) is 12.6. The van der Waals surface area contributed by atoms with Crippen molar-refractivity contribution >= 4 is 27.8 Å². The number of hydrogen-bond acceptors (Lipinski definition) is 2. The van der Waals surface area contributed by atoms with E-state index in [2.05, 4.69) is 21.2 Å². The molecule has 1 rings (SSSR count). The highest BCUT2D eigenvalue weighted by atomic mass is 79.9. The minimum absolute atomic E-state index is 0.114. The number of benzene rings is 1. The van der Waals surface area contributed by atoms with E-state index in [1.165, 1.54) is 0 Å². The molecule has 2 N–H and O–H groups in total. The second-order valence-corrected chi connectivity index (χ2v) is 5.44. The summed E-state index contributed by atoms with van der Waals surface area (Å²) in [5, 5.41) is 11.7. The first-order chi connectivity index (χ1) is 8.93. The maximum absolute atomic E-state index is 11.9. The summed E-state index contributed by atoms with van der Waals surface area (Å²) in [4.78, 5) is 22.8. The molecule has 1 aromatic carbocycles. The second kappa shape index (κ2) is 7.28. The highest BCUT2D eigenvalue weighted by molar-refractivity contribution is 9.10. The molecular weight excluding hydrogens is 310 g/mol. The van der Waals surface area contributed by atoms with Gasteiger partial charge in [0.2, 0.25) is 5.91 Å². The minimum Gasteiger partial charge on any atom is -0.481 e. The molecule has 0 fully saturated rings. The van der Waals surface area contributed by atoms with E-state index in [-0.39, 0.29) is 18.2 Å². The molecule has 0 radical (unpaired) electrons. The van der Waals surface area contributed by atoms with E-state index in [0.717, 1.165) is 16.5 Å². The van der Waals surface area contributed by atoms with Crippen molar-refractivity contribution in [2.75, 3.05) is 0 Å². The van der Waals surface area contributed by atoms with Crippen LogP contribution in [0.4, 0.5) is 0 Å². The van der Waals surface area contributed by atoms with Crippen LogP contribution in [0, 0.1) is 5.92 Å². The van der Waals surface area contributed by atoms with Crippen LogP contribution in [-0.4, -0.2) is 17.0 Å². The molecule has 0 aromatic heterocycles. The lowest BCUT2D eigenvalue weighted by atomic mass is 10.0. The molecule has 0 saturated carbocycles. The molecule has 0 saturated heterocycles. The van der Waals surface area contributed by atoms with Crippen molar-refractivity contribution in [2.45, 2.75) is 32.7 Å². The molecule has 19 heavy (non-hydrogen) atoms. The first-order valence-electron chi connectivity index (χ1n) is 6.21. The van der Waals surface area contributed by atoms with Gasteiger partial charge >= 0.3 is 5.97 Å². The Bertz CT molecular complexity index is 445. The third kappa shape index (κ3) is 5.03. The number of carbonyl (C=O) groups excluding carboxylic acids is 1. The van der Waals surface area contributed by atoms with Gasteiger partial charge in [-0.1, -0.05) is 41.9 Å². The Balaban J connectivity index is 2.85. The number of amides is 1. The van der Waals surface area contributed by atoms with Gasteiger partial charge in [-0.3, -0.25) is 9.59 Å². The first-order valence-corrected chi connectivity index (χ1v) is 7.01. The van der Waals surface area contributed by atoms with Crippen LogP contribution in [-0.2, 0) is 9.59 Å². The molecule has 0 aliphatic rings. The van der Waals surface area contributed by atoms with Gasteiger partial charge in [0.1, 0.15) is 0 Å². The van der Waals surface area contributed by atoms with E-state index in [4.69, 9.17) is 5.11 Å². The number of carbonyl (C=O) groups is 2. The number of rotatable bonds is 6. The summed E-state index contributed by atoms with van der Waals surface area (Å²) in [6.45, 7) is 3.75. The van der Waals surface area contributed by atoms with Gasteiger partial charge in [-0.25, -0.2) is 0 Å². The van der Waals surface area contributed by atoms with Gasteiger partial charge in [-0.05, 0) is 24.1 Å². The van der Waals surface area contributed by atoms with Crippen LogP contribution in [0.5, 0.6) is 0 Å². The van der Waals surface area contributed by atoms with Gasteiger partial charge in [0.15, 0.2) is 0 Å². The van der Waals surface area contributed by atoms with Crippen LogP contribution >= 0.6 is 15.9 Å². The molecule has 0 aliphatic carbocycles. The minimum atomic E-state index is -0.933. The number of carboxylic acid groups (broad SMARTS) is 1. The smallest absolute Gasteiger partial charge is 0.305 e. The SMILES string of the molecule is CC[C@@H](C)C(=O)N[C@H](CC(=O)O)c1ccc(Br)cc1. The monoisotopic (exact) mass is 327 g/mol. The number of carboxylic acids is 1. The maximum atomic E-state index is 11.9. The highest BCUT2D eigenvalue weighted by Crippen LogP contribution is 2.20. The summed E-state index contributed by atoms with van der Waals surface area (Å²) in [5.41, 5.74) is 0.794. The van der Waals surface area contributed by atoms with Gasteiger partial charge in [0.05, 0.1) is 12.5 Å². The zero-order chi connectivity index (χ0) is 14.4. The van der Waals surface area contributed by atoms with Gasteiger partial charge in [-0.2, -0.15) is 0 Å². The molecule has 1 amide bonds. The van der Waals surface area contributed by atoms with Crippen molar-refractivity contribution in [1.82, 2.24) is 5.32 Å². The van der Waals surface area contributed by atoms with Crippen LogP contribution in [0.3, 0.4) is 0 Å².